The lowest BCUT2D eigenvalue weighted by Gasteiger charge is -2.27. The number of benzene rings is 1. The number of nitrogens with one attached hydrogen (secondary N) is 1. The third kappa shape index (κ3) is 4.90. The molecular weight excluding hydrogens is 452 g/mol. The molecule has 36 heavy (non-hydrogen) atoms. The van der Waals surface area contributed by atoms with Crippen molar-refractivity contribution in [3.05, 3.63) is 71.8 Å². The third-order valence-corrected chi connectivity index (χ3v) is 6.16. The molecule has 0 aliphatic carbocycles. The molecule has 0 saturated carbocycles. The summed E-state index contributed by atoms with van der Waals surface area (Å²) in [5, 5.41) is 8.23. The zero-order valence-corrected chi connectivity index (χ0v) is 21.3. The van der Waals surface area contributed by atoms with Crippen LogP contribution in [0.15, 0.2) is 64.9 Å². The molecular formula is C28H32N6O2. The second kappa shape index (κ2) is 10.4. The van der Waals surface area contributed by atoms with E-state index in [-0.39, 0.29) is 0 Å². The van der Waals surface area contributed by atoms with Crippen molar-refractivity contribution in [1.29, 1.82) is 0 Å². The van der Waals surface area contributed by atoms with E-state index >= 15 is 0 Å². The monoisotopic (exact) mass is 484 g/mol. The lowest BCUT2D eigenvalue weighted by molar-refractivity contribution is 0.122. The van der Waals surface area contributed by atoms with Crippen LogP contribution in [-0.2, 0) is 4.74 Å². The summed E-state index contributed by atoms with van der Waals surface area (Å²) in [6.45, 7) is 11.0. The smallest absolute Gasteiger partial charge is 0.253 e. The maximum Gasteiger partial charge on any atom is 0.253 e. The van der Waals surface area contributed by atoms with Crippen LogP contribution in [0.4, 0.5) is 5.82 Å². The van der Waals surface area contributed by atoms with Crippen molar-refractivity contribution in [3.63, 3.8) is 0 Å². The highest BCUT2D eigenvalue weighted by molar-refractivity contribution is 5.87. The Morgan fingerprint density at radius 2 is 1.97 bits per heavy atom. The van der Waals surface area contributed by atoms with E-state index in [4.69, 9.17) is 24.2 Å². The molecule has 0 radical (unpaired) electrons. The van der Waals surface area contributed by atoms with Crippen LogP contribution in [-0.4, -0.2) is 46.1 Å². The summed E-state index contributed by atoms with van der Waals surface area (Å²) in [6, 6.07) is 12.3. The number of aromatic nitrogens is 4. The van der Waals surface area contributed by atoms with Crippen molar-refractivity contribution >= 4 is 22.6 Å². The van der Waals surface area contributed by atoms with Crippen molar-refractivity contribution in [2.24, 2.45) is 0 Å². The van der Waals surface area contributed by atoms with Gasteiger partial charge >= 0.3 is 0 Å². The van der Waals surface area contributed by atoms with Crippen molar-refractivity contribution in [2.45, 2.75) is 34.1 Å². The largest absolute Gasteiger partial charge is 0.449 e. The molecule has 1 saturated heterocycles. The van der Waals surface area contributed by atoms with Gasteiger partial charge in [-0.3, -0.25) is 0 Å². The van der Waals surface area contributed by atoms with E-state index in [0.717, 1.165) is 59.3 Å². The van der Waals surface area contributed by atoms with Gasteiger partial charge in [0.2, 0.25) is 0 Å². The maximum absolute atomic E-state index is 6.37. The molecule has 8 nitrogen and oxygen atoms in total. The number of anilines is 1. The molecule has 0 atom stereocenters. The SMILES string of the molecule is C/C=C(\N/C(C)=C/CC)c1cc2nc(-n3ccc(-c4cccc(C)c4)n3)nc(N3CCOCC3)c2o1. The van der Waals surface area contributed by atoms with Gasteiger partial charge in [-0.25, -0.2) is 9.67 Å². The van der Waals surface area contributed by atoms with Gasteiger partial charge < -0.3 is 19.4 Å². The topological polar surface area (TPSA) is 81.2 Å². The lowest BCUT2D eigenvalue weighted by atomic mass is 10.1. The number of hydrogen-bond acceptors (Lipinski definition) is 7. The van der Waals surface area contributed by atoms with E-state index < -0.39 is 0 Å². The molecule has 3 aromatic heterocycles. The average Bonchev–Trinajstić information content (AvgIpc) is 3.55. The van der Waals surface area contributed by atoms with Gasteiger partial charge in [-0.1, -0.05) is 42.8 Å². The van der Waals surface area contributed by atoms with E-state index in [0.29, 0.717) is 24.7 Å². The van der Waals surface area contributed by atoms with Gasteiger partial charge in [-0.15, -0.1) is 0 Å². The molecule has 1 N–H and O–H groups in total. The molecule has 5 rings (SSSR count). The number of allylic oxidation sites excluding steroid dienone is 3. The number of nitrogens with zero attached hydrogens (tertiary/aromatic N) is 5. The van der Waals surface area contributed by atoms with E-state index in [1.54, 1.807) is 4.68 Å². The molecule has 0 bridgehead atoms. The number of furan rings is 1. The Hall–Kier alpha value is -3.91. The number of morpholine rings is 1. The fourth-order valence-electron chi connectivity index (χ4n) is 4.37. The molecule has 0 amide bonds. The number of rotatable bonds is 7. The minimum Gasteiger partial charge on any atom is -0.449 e. The van der Waals surface area contributed by atoms with Crippen LogP contribution >= 0.6 is 0 Å². The Morgan fingerprint density at radius 3 is 2.72 bits per heavy atom. The average molecular weight is 485 g/mol. The fourth-order valence-corrected chi connectivity index (χ4v) is 4.37. The molecule has 4 heterocycles. The van der Waals surface area contributed by atoms with Crippen molar-refractivity contribution in [3.8, 4) is 17.2 Å². The first-order chi connectivity index (χ1) is 17.6. The highest BCUT2D eigenvalue weighted by Crippen LogP contribution is 2.31. The highest BCUT2D eigenvalue weighted by Gasteiger charge is 2.23. The van der Waals surface area contributed by atoms with Gasteiger partial charge in [0.25, 0.3) is 5.95 Å². The summed E-state index contributed by atoms with van der Waals surface area (Å²) in [7, 11) is 0. The van der Waals surface area contributed by atoms with Gasteiger partial charge in [0.15, 0.2) is 17.2 Å². The van der Waals surface area contributed by atoms with Gasteiger partial charge in [0.05, 0.1) is 24.6 Å². The molecule has 8 heteroatoms. The molecule has 186 valence electrons. The van der Waals surface area contributed by atoms with Gasteiger partial charge in [-0.2, -0.15) is 10.1 Å². The summed E-state index contributed by atoms with van der Waals surface area (Å²) >= 11 is 0. The maximum atomic E-state index is 6.37. The second-order valence-corrected chi connectivity index (χ2v) is 8.91. The van der Waals surface area contributed by atoms with Crippen LogP contribution in [0, 0.1) is 6.92 Å². The highest BCUT2D eigenvalue weighted by atomic mass is 16.5. The minimum absolute atomic E-state index is 0.507. The van der Waals surface area contributed by atoms with E-state index in [1.807, 2.05) is 37.4 Å². The first kappa shape index (κ1) is 23.8. The van der Waals surface area contributed by atoms with Gasteiger partial charge in [-0.05, 0) is 39.3 Å². The Labute approximate surface area is 211 Å². The van der Waals surface area contributed by atoms with Gasteiger partial charge in [0, 0.05) is 36.6 Å². The zero-order chi connectivity index (χ0) is 25.1. The van der Waals surface area contributed by atoms with E-state index in [2.05, 4.69) is 55.3 Å². The van der Waals surface area contributed by atoms with Crippen LogP contribution in [0.1, 0.15) is 38.5 Å². The first-order valence-electron chi connectivity index (χ1n) is 12.4. The summed E-state index contributed by atoms with van der Waals surface area (Å²) in [6.07, 6.45) is 7.02. The number of hydrogen-bond donors (Lipinski definition) is 1. The molecule has 1 fully saturated rings. The zero-order valence-electron chi connectivity index (χ0n) is 21.3. The van der Waals surface area contributed by atoms with E-state index in [1.165, 1.54) is 5.56 Å². The minimum atomic E-state index is 0.507. The third-order valence-electron chi connectivity index (χ3n) is 6.16. The van der Waals surface area contributed by atoms with Crippen LogP contribution in [0.5, 0.6) is 0 Å². The summed E-state index contributed by atoms with van der Waals surface area (Å²) in [4.78, 5) is 12.0. The Morgan fingerprint density at radius 1 is 1.14 bits per heavy atom. The molecule has 1 aliphatic heterocycles. The number of fused-ring (bicyclic) bond motifs is 1. The Kier molecular flexibility index (Phi) is 6.86. The quantitative estimate of drug-likeness (QED) is 0.372. The van der Waals surface area contributed by atoms with Crippen molar-refractivity contribution < 1.29 is 9.15 Å². The van der Waals surface area contributed by atoms with Crippen LogP contribution in [0.2, 0.25) is 0 Å². The van der Waals surface area contributed by atoms with Crippen LogP contribution < -0.4 is 10.2 Å². The van der Waals surface area contributed by atoms with Crippen molar-refractivity contribution in [1.82, 2.24) is 25.1 Å². The molecule has 1 aliphatic rings. The van der Waals surface area contributed by atoms with Crippen molar-refractivity contribution in [2.75, 3.05) is 31.2 Å². The van der Waals surface area contributed by atoms with Crippen LogP contribution in [0.3, 0.4) is 0 Å². The number of aryl methyl sites for hydroxylation is 1. The van der Waals surface area contributed by atoms with E-state index in [9.17, 15) is 0 Å². The first-order valence-corrected chi connectivity index (χ1v) is 12.4. The summed E-state index contributed by atoms with van der Waals surface area (Å²) < 4.78 is 13.7. The predicted molar refractivity (Wildman–Crippen MR) is 143 cm³/mol. The Balaban J connectivity index is 1.58. The Bertz CT molecular complexity index is 1430. The normalized spacial score (nSPS) is 15.1. The predicted octanol–water partition coefficient (Wildman–Crippen LogP) is 5.48. The summed E-state index contributed by atoms with van der Waals surface area (Å²) in [5.74, 6) is 1.99. The second-order valence-electron chi connectivity index (χ2n) is 8.91. The molecule has 0 spiro atoms. The molecule has 1 aromatic carbocycles. The summed E-state index contributed by atoms with van der Waals surface area (Å²) in [5.41, 5.74) is 6.51. The lowest BCUT2D eigenvalue weighted by Crippen LogP contribution is -2.37. The van der Waals surface area contributed by atoms with Crippen LogP contribution in [0.25, 0.3) is 34.0 Å². The fraction of sp³-hybridized carbons (Fsp3) is 0.321. The number of ether oxygens (including phenoxy) is 1. The molecule has 0 unspecified atom stereocenters. The standard InChI is InChI=1S/C28H32N6O2/c1-5-8-20(4)29-22(6-2)25-18-24-26(36-25)27(33-13-15-35-16-14-33)31-28(30-24)34-12-11-23(32-34)21-10-7-9-19(3)17-21/h6-12,17-18,29H,5,13-16H2,1-4H3/b20-8+,22-6-. The molecule has 4 aromatic rings. The van der Waals surface area contributed by atoms with Gasteiger partial charge in [0.1, 0.15) is 5.52 Å².